The Hall–Kier alpha value is -1.06. The summed E-state index contributed by atoms with van der Waals surface area (Å²) in [6.45, 7) is 2.54. The van der Waals surface area contributed by atoms with Crippen molar-refractivity contribution < 1.29 is 9.59 Å². The summed E-state index contributed by atoms with van der Waals surface area (Å²) in [5, 5.41) is 2.89. The lowest BCUT2D eigenvalue weighted by molar-refractivity contribution is -0.134. The molecule has 1 unspecified atom stereocenters. The van der Waals surface area contributed by atoms with Gasteiger partial charge in [0, 0.05) is 18.4 Å². The van der Waals surface area contributed by atoms with Crippen LogP contribution < -0.4 is 11.1 Å². The van der Waals surface area contributed by atoms with E-state index in [0.717, 1.165) is 25.2 Å². The summed E-state index contributed by atoms with van der Waals surface area (Å²) in [7, 11) is 0. The summed E-state index contributed by atoms with van der Waals surface area (Å²) >= 11 is 0. The highest BCUT2D eigenvalue weighted by Gasteiger charge is 2.36. The van der Waals surface area contributed by atoms with E-state index in [2.05, 4.69) is 5.32 Å². The molecule has 2 atom stereocenters. The average Bonchev–Trinajstić information content (AvgIpc) is 3.14. The van der Waals surface area contributed by atoms with Gasteiger partial charge in [-0.3, -0.25) is 9.59 Å². The number of carbonyl (C=O) groups is 2. The number of hydrogen-bond acceptors (Lipinski definition) is 2. The number of nitrogens with one attached hydrogen (secondary N) is 1. The number of primary amides is 1. The van der Waals surface area contributed by atoms with Crippen LogP contribution in [0.2, 0.25) is 0 Å². The van der Waals surface area contributed by atoms with Crippen molar-refractivity contribution in [2.75, 3.05) is 6.54 Å². The van der Waals surface area contributed by atoms with Crippen LogP contribution in [0.1, 0.15) is 58.3 Å². The highest BCUT2D eigenvalue weighted by atomic mass is 16.2. The van der Waals surface area contributed by atoms with Crippen molar-refractivity contribution in [2.45, 2.75) is 58.3 Å². The zero-order valence-electron chi connectivity index (χ0n) is 12.6. The second-order valence-electron chi connectivity index (χ2n) is 6.56. The van der Waals surface area contributed by atoms with E-state index in [1.165, 1.54) is 32.1 Å². The normalized spacial score (nSPS) is 21.9. The molecule has 0 spiro atoms. The third-order valence-electron chi connectivity index (χ3n) is 4.93. The van der Waals surface area contributed by atoms with Gasteiger partial charge in [-0.2, -0.15) is 0 Å². The maximum atomic E-state index is 12.3. The second-order valence-corrected chi connectivity index (χ2v) is 6.56. The lowest BCUT2D eigenvalue weighted by Crippen LogP contribution is -2.42. The molecule has 0 aromatic heterocycles. The fourth-order valence-corrected chi connectivity index (χ4v) is 3.21. The molecule has 20 heavy (non-hydrogen) atoms. The summed E-state index contributed by atoms with van der Waals surface area (Å²) in [5.74, 6) is 0.639. The quantitative estimate of drug-likeness (QED) is 0.679. The minimum atomic E-state index is -0.291. The van der Waals surface area contributed by atoms with Gasteiger partial charge in [-0.25, -0.2) is 0 Å². The summed E-state index contributed by atoms with van der Waals surface area (Å²) < 4.78 is 0. The van der Waals surface area contributed by atoms with Gasteiger partial charge in [0.05, 0.1) is 0 Å². The van der Waals surface area contributed by atoms with Gasteiger partial charge in [0.25, 0.3) is 0 Å². The topological polar surface area (TPSA) is 72.2 Å². The van der Waals surface area contributed by atoms with Crippen LogP contribution in [0.3, 0.4) is 0 Å². The molecule has 114 valence electrons. The Bertz CT molecular complexity index is 348. The van der Waals surface area contributed by atoms with E-state index >= 15 is 0 Å². The van der Waals surface area contributed by atoms with E-state index in [-0.39, 0.29) is 23.7 Å². The third-order valence-corrected chi connectivity index (χ3v) is 4.93. The van der Waals surface area contributed by atoms with Crippen molar-refractivity contribution in [3.8, 4) is 0 Å². The van der Waals surface area contributed by atoms with E-state index in [0.29, 0.717) is 12.5 Å². The Morgan fingerprint density at radius 2 is 1.85 bits per heavy atom. The van der Waals surface area contributed by atoms with Crippen LogP contribution in [0, 0.1) is 23.7 Å². The predicted octanol–water partition coefficient (Wildman–Crippen LogP) is 2.22. The first-order valence-corrected chi connectivity index (χ1v) is 8.18. The van der Waals surface area contributed by atoms with Gasteiger partial charge in [-0.05, 0) is 38.0 Å². The minimum absolute atomic E-state index is 0.0268. The number of nitrogens with two attached hydrogens (primary N) is 1. The average molecular weight is 280 g/mol. The molecule has 0 bridgehead atoms. The van der Waals surface area contributed by atoms with Gasteiger partial charge in [0.15, 0.2) is 0 Å². The molecule has 0 saturated heterocycles. The first kappa shape index (κ1) is 15.3. The highest BCUT2D eigenvalue weighted by Crippen LogP contribution is 2.39. The van der Waals surface area contributed by atoms with E-state index in [1.54, 1.807) is 0 Å². The molecule has 4 heteroatoms. The Balaban J connectivity index is 1.97. The molecular formula is C16H28N2O2. The summed E-state index contributed by atoms with van der Waals surface area (Å²) in [6, 6.07) is 0. The lowest BCUT2D eigenvalue weighted by Gasteiger charge is -2.32. The molecule has 0 aromatic carbocycles. The summed E-state index contributed by atoms with van der Waals surface area (Å²) in [5.41, 5.74) is 5.59. The van der Waals surface area contributed by atoms with Gasteiger partial charge in [-0.15, -0.1) is 0 Å². The molecule has 2 rings (SSSR count). The number of amides is 2. The molecule has 0 aromatic rings. The summed E-state index contributed by atoms with van der Waals surface area (Å²) in [4.78, 5) is 24.1. The Morgan fingerprint density at radius 1 is 1.15 bits per heavy atom. The minimum Gasteiger partial charge on any atom is -0.369 e. The largest absolute Gasteiger partial charge is 0.369 e. The zero-order chi connectivity index (χ0) is 14.5. The van der Waals surface area contributed by atoms with Crippen LogP contribution in [-0.4, -0.2) is 18.4 Å². The smallest absolute Gasteiger partial charge is 0.223 e. The van der Waals surface area contributed by atoms with Crippen molar-refractivity contribution >= 4 is 11.8 Å². The molecule has 2 aliphatic carbocycles. The predicted molar refractivity (Wildman–Crippen MR) is 78.8 cm³/mol. The van der Waals surface area contributed by atoms with Gasteiger partial charge < -0.3 is 11.1 Å². The highest BCUT2D eigenvalue weighted by molar-refractivity contribution is 5.86. The fourth-order valence-electron chi connectivity index (χ4n) is 3.21. The zero-order valence-corrected chi connectivity index (χ0v) is 12.6. The Morgan fingerprint density at radius 3 is 2.30 bits per heavy atom. The van der Waals surface area contributed by atoms with Gasteiger partial charge in [0.2, 0.25) is 11.8 Å². The Labute approximate surface area is 121 Å². The van der Waals surface area contributed by atoms with Gasteiger partial charge >= 0.3 is 0 Å². The maximum Gasteiger partial charge on any atom is 0.223 e. The first-order chi connectivity index (χ1) is 9.61. The van der Waals surface area contributed by atoms with E-state index < -0.39 is 0 Å². The fraction of sp³-hybridized carbons (Fsp3) is 0.875. The SMILES string of the molecule is CCNC(=O)C(CC1CCC1)[C@H](CCC1CC1)C(N)=O. The van der Waals surface area contributed by atoms with E-state index in [4.69, 9.17) is 5.73 Å². The van der Waals surface area contributed by atoms with Gasteiger partial charge in [-0.1, -0.05) is 32.1 Å². The first-order valence-electron chi connectivity index (χ1n) is 8.18. The molecule has 2 aliphatic rings. The molecule has 2 amide bonds. The number of rotatable bonds is 9. The van der Waals surface area contributed by atoms with Crippen molar-refractivity contribution in [1.29, 1.82) is 0 Å². The maximum absolute atomic E-state index is 12.3. The second kappa shape index (κ2) is 7.09. The van der Waals surface area contributed by atoms with Crippen molar-refractivity contribution in [1.82, 2.24) is 5.32 Å². The third kappa shape index (κ3) is 4.22. The van der Waals surface area contributed by atoms with Crippen molar-refractivity contribution in [3.63, 3.8) is 0 Å². The molecular weight excluding hydrogens is 252 g/mol. The van der Waals surface area contributed by atoms with E-state index in [1.807, 2.05) is 6.92 Å². The van der Waals surface area contributed by atoms with E-state index in [9.17, 15) is 9.59 Å². The molecule has 0 aliphatic heterocycles. The number of carbonyl (C=O) groups excluding carboxylic acids is 2. The molecule has 2 fully saturated rings. The van der Waals surface area contributed by atoms with Crippen LogP contribution in [0.4, 0.5) is 0 Å². The molecule has 3 N–H and O–H groups in total. The number of hydrogen-bond donors (Lipinski definition) is 2. The van der Waals surface area contributed by atoms with Crippen LogP contribution in [0.25, 0.3) is 0 Å². The van der Waals surface area contributed by atoms with Crippen LogP contribution in [-0.2, 0) is 9.59 Å². The van der Waals surface area contributed by atoms with Crippen LogP contribution in [0.15, 0.2) is 0 Å². The van der Waals surface area contributed by atoms with Gasteiger partial charge in [0.1, 0.15) is 0 Å². The monoisotopic (exact) mass is 280 g/mol. The molecule has 2 saturated carbocycles. The molecule has 0 radical (unpaired) electrons. The van der Waals surface area contributed by atoms with Crippen molar-refractivity contribution in [3.05, 3.63) is 0 Å². The van der Waals surface area contributed by atoms with Crippen LogP contribution >= 0.6 is 0 Å². The van der Waals surface area contributed by atoms with Crippen molar-refractivity contribution in [2.24, 2.45) is 29.4 Å². The van der Waals surface area contributed by atoms with Crippen LogP contribution in [0.5, 0.6) is 0 Å². The lowest BCUT2D eigenvalue weighted by atomic mass is 9.73. The standard InChI is InChI=1S/C16H28N2O2/c1-2-18-16(20)14(10-12-4-3-5-12)13(15(17)19)9-8-11-6-7-11/h11-14H,2-10H2,1H3,(H2,17,19)(H,18,20)/t13-,14?/m0/s1. The molecule has 4 nitrogen and oxygen atoms in total. The molecule has 0 heterocycles. The summed E-state index contributed by atoms with van der Waals surface area (Å²) in [6.07, 6.45) is 8.89. The Kier molecular flexibility index (Phi) is 5.44.